The summed E-state index contributed by atoms with van der Waals surface area (Å²) in [5.41, 5.74) is 1.71. The molecule has 0 aliphatic rings. The fourth-order valence-corrected chi connectivity index (χ4v) is 3.07. The van der Waals surface area contributed by atoms with Gasteiger partial charge in [-0.05, 0) is 13.8 Å². The number of aryl methyl sites for hydroxylation is 2. The van der Waals surface area contributed by atoms with E-state index in [0.717, 1.165) is 27.4 Å². The van der Waals surface area contributed by atoms with Crippen molar-refractivity contribution in [2.24, 2.45) is 7.05 Å². The van der Waals surface area contributed by atoms with Crippen LogP contribution in [0.1, 0.15) is 16.4 Å². The van der Waals surface area contributed by atoms with Crippen molar-refractivity contribution in [2.45, 2.75) is 20.4 Å². The molecule has 3 heterocycles. The van der Waals surface area contributed by atoms with Crippen molar-refractivity contribution < 1.29 is 0 Å². The second-order valence-corrected chi connectivity index (χ2v) is 6.01. The highest BCUT2D eigenvalue weighted by Crippen LogP contribution is 2.19. The molecule has 7 nitrogen and oxygen atoms in total. The molecule has 0 spiro atoms. The molecule has 0 aliphatic heterocycles. The molecule has 21 heavy (non-hydrogen) atoms. The van der Waals surface area contributed by atoms with Gasteiger partial charge in [0.15, 0.2) is 11.5 Å². The van der Waals surface area contributed by atoms with Crippen LogP contribution < -0.4 is 10.2 Å². The van der Waals surface area contributed by atoms with Gasteiger partial charge in [0.1, 0.15) is 5.82 Å². The number of nitrogens with zero attached hydrogens (tertiary/aromatic N) is 5. The summed E-state index contributed by atoms with van der Waals surface area (Å²) in [7, 11) is 3.65. The second-order valence-electron chi connectivity index (χ2n) is 4.84. The summed E-state index contributed by atoms with van der Waals surface area (Å²) in [6.45, 7) is 4.25. The number of rotatable bonds is 3. The minimum atomic E-state index is 0.0183. The van der Waals surface area contributed by atoms with E-state index in [9.17, 15) is 4.79 Å². The number of nitrogens with one attached hydrogen (secondary N) is 1. The van der Waals surface area contributed by atoms with Crippen LogP contribution in [0.2, 0.25) is 0 Å². The fraction of sp³-hybridized carbons (Fsp3) is 0.385. The van der Waals surface area contributed by atoms with Gasteiger partial charge in [0.2, 0.25) is 0 Å². The van der Waals surface area contributed by atoms with E-state index in [1.54, 1.807) is 15.4 Å². The first-order valence-electron chi connectivity index (χ1n) is 6.54. The first kappa shape index (κ1) is 13.7. The molecule has 8 heteroatoms. The molecule has 0 bridgehead atoms. The standard InChI is InChI=1S/C13H16N6OS/c1-7-8(2)21-13(20)19(7)6-10-16-11(14-3)9-5-15-18(4)12(9)17-10/h5H,6H2,1-4H3,(H,14,16,17). The summed E-state index contributed by atoms with van der Waals surface area (Å²) in [5.74, 6) is 1.32. The average Bonchev–Trinajstić information content (AvgIpc) is 2.94. The van der Waals surface area contributed by atoms with Gasteiger partial charge in [-0.15, -0.1) is 0 Å². The molecule has 0 aromatic carbocycles. The average molecular weight is 304 g/mol. The van der Waals surface area contributed by atoms with Crippen molar-refractivity contribution in [3.63, 3.8) is 0 Å². The molecule has 3 aromatic rings. The van der Waals surface area contributed by atoms with Crippen LogP contribution in [0.15, 0.2) is 11.0 Å². The van der Waals surface area contributed by atoms with Gasteiger partial charge in [-0.3, -0.25) is 14.0 Å². The Morgan fingerprint density at radius 2 is 2.10 bits per heavy atom. The molecule has 0 aliphatic carbocycles. The molecule has 3 rings (SSSR count). The van der Waals surface area contributed by atoms with E-state index in [1.807, 2.05) is 27.9 Å². The Bertz CT molecular complexity index is 875. The molecule has 0 amide bonds. The van der Waals surface area contributed by atoms with Crippen LogP contribution in [0, 0.1) is 13.8 Å². The smallest absolute Gasteiger partial charge is 0.307 e. The summed E-state index contributed by atoms with van der Waals surface area (Å²) in [6.07, 6.45) is 1.73. The Kier molecular flexibility index (Phi) is 3.25. The molecular weight excluding hydrogens is 288 g/mol. The maximum absolute atomic E-state index is 12.0. The molecule has 110 valence electrons. The van der Waals surface area contributed by atoms with Crippen molar-refractivity contribution in [3.8, 4) is 0 Å². The summed E-state index contributed by atoms with van der Waals surface area (Å²) in [4.78, 5) is 22.0. The van der Waals surface area contributed by atoms with Crippen molar-refractivity contribution in [1.29, 1.82) is 0 Å². The van der Waals surface area contributed by atoms with E-state index in [-0.39, 0.29) is 4.87 Å². The number of hydrogen-bond acceptors (Lipinski definition) is 6. The van der Waals surface area contributed by atoms with Gasteiger partial charge in [-0.25, -0.2) is 9.97 Å². The number of anilines is 1. The molecule has 1 N–H and O–H groups in total. The maximum atomic E-state index is 12.0. The van der Waals surface area contributed by atoms with Gasteiger partial charge in [-0.2, -0.15) is 5.10 Å². The van der Waals surface area contributed by atoms with E-state index in [2.05, 4.69) is 20.4 Å². The SMILES string of the molecule is CNc1nc(Cn2c(C)c(C)sc2=O)nc2c1cnn2C. The van der Waals surface area contributed by atoms with E-state index >= 15 is 0 Å². The Morgan fingerprint density at radius 1 is 1.33 bits per heavy atom. The maximum Gasteiger partial charge on any atom is 0.307 e. The lowest BCUT2D eigenvalue weighted by Crippen LogP contribution is -2.17. The predicted octanol–water partition coefficient (Wildman–Crippen LogP) is 1.29. The number of thiazole rings is 1. The zero-order valence-corrected chi connectivity index (χ0v) is 13.2. The van der Waals surface area contributed by atoms with E-state index in [1.165, 1.54) is 11.3 Å². The molecule has 0 saturated heterocycles. The van der Waals surface area contributed by atoms with Crippen molar-refractivity contribution >= 4 is 28.2 Å². The second kappa shape index (κ2) is 4.96. The molecule has 3 aromatic heterocycles. The van der Waals surface area contributed by atoms with Gasteiger partial charge < -0.3 is 5.32 Å². The highest BCUT2D eigenvalue weighted by atomic mass is 32.1. The van der Waals surface area contributed by atoms with Gasteiger partial charge in [0, 0.05) is 24.7 Å². The molecule has 0 fully saturated rings. The summed E-state index contributed by atoms with van der Waals surface area (Å²) < 4.78 is 3.41. The molecule has 0 radical (unpaired) electrons. The quantitative estimate of drug-likeness (QED) is 0.789. The molecular formula is C13H16N6OS. The molecule has 0 unspecified atom stereocenters. The Hall–Kier alpha value is -2.22. The minimum Gasteiger partial charge on any atom is -0.372 e. The normalized spacial score (nSPS) is 11.2. The third-order valence-electron chi connectivity index (χ3n) is 3.55. The van der Waals surface area contributed by atoms with Gasteiger partial charge in [0.25, 0.3) is 0 Å². The lowest BCUT2D eigenvalue weighted by molar-refractivity contribution is 0.706. The van der Waals surface area contributed by atoms with Crippen molar-refractivity contribution in [2.75, 3.05) is 12.4 Å². The third kappa shape index (κ3) is 2.21. The van der Waals surface area contributed by atoms with Crippen molar-refractivity contribution in [1.82, 2.24) is 24.3 Å². The van der Waals surface area contributed by atoms with Gasteiger partial charge in [-0.1, -0.05) is 11.3 Å². The van der Waals surface area contributed by atoms with Gasteiger partial charge in [0.05, 0.1) is 18.1 Å². The number of fused-ring (bicyclic) bond motifs is 1. The summed E-state index contributed by atoms with van der Waals surface area (Å²) >= 11 is 1.25. The van der Waals surface area contributed by atoms with Crippen LogP contribution in [0.3, 0.4) is 0 Å². The molecule has 0 saturated carbocycles. The monoisotopic (exact) mass is 304 g/mol. The Balaban J connectivity index is 2.12. The Morgan fingerprint density at radius 3 is 2.71 bits per heavy atom. The minimum absolute atomic E-state index is 0.0183. The van der Waals surface area contributed by atoms with E-state index in [4.69, 9.17) is 0 Å². The highest BCUT2D eigenvalue weighted by molar-refractivity contribution is 7.09. The van der Waals surface area contributed by atoms with Crippen LogP contribution in [0.25, 0.3) is 11.0 Å². The summed E-state index contributed by atoms with van der Waals surface area (Å²) in [6, 6.07) is 0. The zero-order valence-electron chi connectivity index (χ0n) is 12.3. The topological polar surface area (TPSA) is 77.6 Å². The van der Waals surface area contributed by atoms with Crippen LogP contribution >= 0.6 is 11.3 Å². The predicted molar refractivity (Wildman–Crippen MR) is 83.0 cm³/mol. The summed E-state index contributed by atoms with van der Waals surface area (Å²) in [5, 5.41) is 8.12. The lowest BCUT2D eigenvalue weighted by Gasteiger charge is -2.07. The zero-order chi connectivity index (χ0) is 15.1. The lowest BCUT2D eigenvalue weighted by atomic mass is 10.3. The van der Waals surface area contributed by atoms with E-state index in [0.29, 0.717) is 12.4 Å². The fourth-order valence-electron chi connectivity index (χ4n) is 2.24. The van der Waals surface area contributed by atoms with Crippen LogP contribution in [-0.2, 0) is 13.6 Å². The first-order chi connectivity index (χ1) is 10.0. The van der Waals surface area contributed by atoms with Crippen LogP contribution in [0.5, 0.6) is 0 Å². The Labute approximate surface area is 125 Å². The van der Waals surface area contributed by atoms with Crippen molar-refractivity contribution in [3.05, 3.63) is 32.3 Å². The van der Waals surface area contributed by atoms with Crippen LogP contribution in [0.4, 0.5) is 5.82 Å². The van der Waals surface area contributed by atoms with E-state index < -0.39 is 0 Å². The number of aromatic nitrogens is 5. The van der Waals surface area contributed by atoms with Gasteiger partial charge >= 0.3 is 4.87 Å². The molecule has 0 atom stereocenters. The third-order valence-corrected chi connectivity index (χ3v) is 4.55. The highest BCUT2D eigenvalue weighted by Gasteiger charge is 2.13. The largest absolute Gasteiger partial charge is 0.372 e. The number of hydrogen-bond donors (Lipinski definition) is 1. The van der Waals surface area contributed by atoms with Crippen LogP contribution in [-0.4, -0.2) is 31.4 Å². The first-order valence-corrected chi connectivity index (χ1v) is 7.36.